The molecule has 0 spiro atoms. The molecule has 0 heterocycles. The Labute approximate surface area is 198 Å². The van der Waals surface area contributed by atoms with Crippen LogP contribution in [0.2, 0.25) is 0 Å². The largest absolute Gasteiger partial charge is 0.496 e. The summed E-state index contributed by atoms with van der Waals surface area (Å²) in [4.78, 5) is 22.1. The van der Waals surface area contributed by atoms with E-state index in [0.717, 1.165) is 45.6 Å². The zero-order chi connectivity index (χ0) is 23.9. The van der Waals surface area contributed by atoms with Crippen LogP contribution in [0.25, 0.3) is 35.1 Å². The van der Waals surface area contributed by atoms with E-state index in [1.54, 1.807) is 38.5 Å². The summed E-state index contributed by atoms with van der Waals surface area (Å²) < 4.78 is 10.9. The lowest BCUT2D eigenvalue weighted by Crippen LogP contribution is -1.90. The van der Waals surface area contributed by atoms with Crippen LogP contribution in [0.15, 0.2) is 72.8 Å². The first kappa shape index (κ1) is 22.7. The van der Waals surface area contributed by atoms with E-state index >= 15 is 0 Å². The number of rotatable bonds is 8. The monoisotopic (exact) mass is 448 g/mol. The highest BCUT2D eigenvalue weighted by atomic mass is 16.5. The van der Waals surface area contributed by atoms with E-state index in [0.29, 0.717) is 22.6 Å². The van der Waals surface area contributed by atoms with Crippen LogP contribution in [0.3, 0.4) is 0 Å². The molecule has 0 saturated carbocycles. The first-order chi connectivity index (χ1) is 16.7. The van der Waals surface area contributed by atoms with E-state index < -0.39 is 0 Å². The van der Waals surface area contributed by atoms with Gasteiger partial charge in [0.1, 0.15) is 24.1 Å². The van der Waals surface area contributed by atoms with Crippen molar-refractivity contribution in [2.75, 3.05) is 14.2 Å². The van der Waals surface area contributed by atoms with Crippen LogP contribution in [0.5, 0.6) is 11.5 Å². The minimum Gasteiger partial charge on any atom is -0.496 e. The predicted molar refractivity (Wildman–Crippen MR) is 139 cm³/mol. The number of hydrogen-bond acceptors (Lipinski definition) is 4. The minimum absolute atomic E-state index is 0.577. The lowest BCUT2D eigenvalue weighted by atomic mass is 9.97. The van der Waals surface area contributed by atoms with E-state index in [-0.39, 0.29) is 0 Å². The molecule has 0 unspecified atom stereocenters. The molecule has 0 aliphatic heterocycles. The maximum atomic E-state index is 11.1. The van der Waals surface area contributed by atoms with Gasteiger partial charge >= 0.3 is 0 Å². The zero-order valence-corrected chi connectivity index (χ0v) is 19.0. The molecule has 0 radical (unpaired) electrons. The molecule has 4 rings (SSSR count). The molecular weight excluding hydrogens is 424 g/mol. The molecule has 0 N–H and O–H groups in total. The first-order valence-corrected chi connectivity index (χ1v) is 10.8. The van der Waals surface area contributed by atoms with Gasteiger partial charge in [0.2, 0.25) is 0 Å². The number of methoxy groups -OCH3 is 2. The Hall–Kier alpha value is -4.44. The molecule has 0 aliphatic rings. The quantitative estimate of drug-likeness (QED) is 0.219. The lowest BCUT2D eigenvalue weighted by molar-refractivity contribution is 0.111. The molecule has 0 bridgehead atoms. The lowest BCUT2D eigenvalue weighted by Gasteiger charge is -2.09. The topological polar surface area (TPSA) is 52.6 Å². The Balaban J connectivity index is 1.70. The molecule has 4 aromatic rings. The first-order valence-electron chi connectivity index (χ1n) is 10.8. The van der Waals surface area contributed by atoms with Crippen molar-refractivity contribution in [3.05, 3.63) is 106 Å². The second-order valence-electron chi connectivity index (χ2n) is 7.69. The fourth-order valence-corrected chi connectivity index (χ4v) is 3.87. The number of aldehydes is 2. The summed E-state index contributed by atoms with van der Waals surface area (Å²) in [5.74, 6) is 1.30. The number of hydrogen-bond donors (Lipinski definition) is 0. The molecule has 0 aromatic heterocycles. The van der Waals surface area contributed by atoms with Gasteiger partial charge in [0, 0.05) is 22.3 Å². The average molecular weight is 449 g/mol. The number of benzene rings is 4. The van der Waals surface area contributed by atoms with Crippen molar-refractivity contribution in [3.63, 3.8) is 0 Å². The SMILES string of the molecule is COc1cc(C=O)ccc1C=Cc1ccc(C=Cc2ccc(C=O)cc2OC)c2ccccc12. The summed E-state index contributed by atoms with van der Waals surface area (Å²) in [6.45, 7) is 0. The van der Waals surface area contributed by atoms with E-state index in [1.165, 1.54) is 0 Å². The Morgan fingerprint density at radius 1 is 0.529 bits per heavy atom. The predicted octanol–water partition coefficient (Wildman–Crippen LogP) is 6.82. The van der Waals surface area contributed by atoms with Gasteiger partial charge in [0.15, 0.2) is 0 Å². The van der Waals surface area contributed by atoms with Crippen LogP contribution in [-0.4, -0.2) is 26.8 Å². The summed E-state index contributed by atoms with van der Waals surface area (Å²) in [7, 11) is 3.19. The number of carbonyl (C=O) groups excluding carboxylic acids is 2. The van der Waals surface area contributed by atoms with E-state index in [4.69, 9.17) is 9.47 Å². The van der Waals surface area contributed by atoms with Crippen LogP contribution in [0.4, 0.5) is 0 Å². The van der Waals surface area contributed by atoms with Crippen molar-refractivity contribution in [1.82, 2.24) is 0 Å². The van der Waals surface area contributed by atoms with Crippen molar-refractivity contribution in [1.29, 1.82) is 0 Å². The Morgan fingerprint density at radius 2 is 0.912 bits per heavy atom. The number of ether oxygens (including phenoxy) is 2. The Bertz CT molecular complexity index is 1310. The highest BCUT2D eigenvalue weighted by Gasteiger charge is 2.06. The molecule has 0 atom stereocenters. The molecule has 34 heavy (non-hydrogen) atoms. The third-order valence-electron chi connectivity index (χ3n) is 5.66. The van der Waals surface area contributed by atoms with Gasteiger partial charge in [-0.1, -0.05) is 85.0 Å². The summed E-state index contributed by atoms with van der Waals surface area (Å²) >= 11 is 0. The summed E-state index contributed by atoms with van der Waals surface area (Å²) in [6, 6.07) is 23.2. The highest BCUT2D eigenvalue weighted by molar-refractivity contribution is 5.99. The molecule has 168 valence electrons. The maximum Gasteiger partial charge on any atom is 0.150 e. The van der Waals surface area contributed by atoms with Crippen molar-refractivity contribution >= 4 is 47.6 Å². The van der Waals surface area contributed by atoms with E-state index in [1.807, 2.05) is 36.4 Å². The van der Waals surface area contributed by atoms with Gasteiger partial charge in [-0.05, 0) is 34.0 Å². The summed E-state index contributed by atoms with van der Waals surface area (Å²) in [5.41, 5.74) is 5.09. The van der Waals surface area contributed by atoms with Crippen molar-refractivity contribution in [3.8, 4) is 11.5 Å². The second-order valence-corrected chi connectivity index (χ2v) is 7.69. The third-order valence-corrected chi connectivity index (χ3v) is 5.66. The highest BCUT2D eigenvalue weighted by Crippen LogP contribution is 2.29. The number of fused-ring (bicyclic) bond motifs is 1. The van der Waals surface area contributed by atoms with Gasteiger partial charge in [-0.2, -0.15) is 0 Å². The normalized spacial score (nSPS) is 11.2. The van der Waals surface area contributed by atoms with Gasteiger partial charge in [-0.15, -0.1) is 0 Å². The van der Waals surface area contributed by atoms with Crippen LogP contribution in [0, 0.1) is 0 Å². The molecule has 0 fully saturated rings. The Morgan fingerprint density at radius 3 is 1.29 bits per heavy atom. The fourth-order valence-electron chi connectivity index (χ4n) is 3.87. The zero-order valence-electron chi connectivity index (χ0n) is 19.0. The van der Waals surface area contributed by atoms with Gasteiger partial charge in [0.05, 0.1) is 14.2 Å². The second kappa shape index (κ2) is 10.5. The summed E-state index contributed by atoms with van der Waals surface area (Å²) in [6.07, 6.45) is 9.70. The number of carbonyl (C=O) groups is 2. The van der Waals surface area contributed by atoms with Crippen LogP contribution in [-0.2, 0) is 0 Å². The smallest absolute Gasteiger partial charge is 0.150 e. The molecule has 4 heteroatoms. The molecular formula is C30H24O4. The van der Waals surface area contributed by atoms with Crippen molar-refractivity contribution in [2.24, 2.45) is 0 Å². The van der Waals surface area contributed by atoms with Crippen LogP contribution in [0.1, 0.15) is 43.0 Å². The molecule has 0 saturated heterocycles. The maximum absolute atomic E-state index is 11.1. The van der Waals surface area contributed by atoms with E-state index in [9.17, 15) is 9.59 Å². The van der Waals surface area contributed by atoms with Crippen molar-refractivity contribution in [2.45, 2.75) is 0 Å². The van der Waals surface area contributed by atoms with Gasteiger partial charge < -0.3 is 9.47 Å². The van der Waals surface area contributed by atoms with Crippen molar-refractivity contribution < 1.29 is 19.1 Å². The molecule has 4 nitrogen and oxygen atoms in total. The fraction of sp³-hybridized carbons (Fsp3) is 0.0667. The molecule has 4 aromatic carbocycles. The standard InChI is InChI=1S/C30H24O4/c1-33-29-17-21(19-31)7-9-25(29)15-13-23-11-12-24(28-6-4-3-5-27(23)28)14-16-26-10-8-22(20-32)18-30(26)34-2/h3-20H,1-2H3. The van der Waals surface area contributed by atoms with Gasteiger partial charge in [-0.25, -0.2) is 0 Å². The molecule has 0 aliphatic carbocycles. The van der Waals surface area contributed by atoms with Crippen LogP contribution >= 0.6 is 0 Å². The van der Waals surface area contributed by atoms with Gasteiger partial charge in [0.25, 0.3) is 0 Å². The molecule has 0 amide bonds. The summed E-state index contributed by atoms with van der Waals surface area (Å²) in [5, 5.41) is 2.24. The van der Waals surface area contributed by atoms with E-state index in [2.05, 4.69) is 36.4 Å². The average Bonchev–Trinajstić information content (AvgIpc) is 2.90. The van der Waals surface area contributed by atoms with Gasteiger partial charge in [-0.3, -0.25) is 9.59 Å². The van der Waals surface area contributed by atoms with Crippen LogP contribution < -0.4 is 9.47 Å². The Kier molecular flexibility index (Phi) is 6.99. The third kappa shape index (κ3) is 4.81. The minimum atomic E-state index is 0.577.